The SMILES string of the molecule is CC(C)(NC(=O)c1ccncc1Cl)C(N)=O. The Bertz CT molecular complexity index is 432. The van der Waals surface area contributed by atoms with Crippen LogP contribution in [0.1, 0.15) is 24.2 Å². The van der Waals surface area contributed by atoms with Gasteiger partial charge in [0.1, 0.15) is 5.54 Å². The summed E-state index contributed by atoms with van der Waals surface area (Å²) in [7, 11) is 0. The van der Waals surface area contributed by atoms with Gasteiger partial charge in [-0.3, -0.25) is 14.6 Å². The zero-order valence-electron chi connectivity index (χ0n) is 8.95. The first kappa shape index (κ1) is 12.4. The standard InChI is InChI=1S/C10H12ClN3O2/c1-10(2,9(12)16)14-8(15)6-3-4-13-5-7(6)11/h3-5H,1-2H3,(H2,12,16)(H,14,15). The number of amides is 2. The van der Waals surface area contributed by atoms with Crippen LogP contribution in [0.3, 0.4) is 0 Å². The molecule has 1 heterocycles. The van der Waals surface area contributed by atoms with Crippen LogP contribution in [0.25, 0.3) is 0 Å². The molecular weight excluding hydrogens is 230 g/mol. The summed E-state index contributed by atoms with van der Waals surface area (Å²) in [5.74, 6) is -1.08. The van der Waals surface area contributed by atoms with E-state index in [-0.39, 0.29) is 10.6 Å². The van der Waals surface area contributed by atoms with Gasteiger partial charge in [0, 0.05) is 12.4 Å². The van der Waals surface area contributed by atoms with Gasteiger partial charge in [0.2, 0.25) is 5.91 Å². The molecule has 3 N–H and O–H groups in total. The average Bonchev–Trinajstić information content (AvgIpc) is 2.17. The van der Waals surface area contributed by atoms with E-state index in [0.717, 1.165) is 0 Å². The van der Waals surface area contributed by atoms with E-state index in [1.807, 2.05) is 0 Å². The maximum Gasteiger partial charge on any atom is 0.253 e. The molecule has 0 aliphatic heterocycles. The molecule has 0 radical (unpaired) electrons. The number of rotatable bonds is 3. The molecule has 0 unspecified atom stereocenters. The van der Waals surface area contributed by atoms with E-state index >= 15 is 0 Å². The summed E-state index contributed by atoms with van der Waals surface area (Å²) in [6.07, 6.45) is 2.80. The number of halogens is 1. The topological polar surface area (TPSA) is 85.1 Å². The quantitative estimate of drug-likeness (QED) is 0.818. The molecule has 0 spiro atoms. The smallest absolute Gasteiger partial charge is 0.253 e. The lowest BCUT2D eigenvalue weighted by Gasteiger charge is -2.22. The second-order valence-corrected chi connectivity index (χ2v) is 4.21. The average molecular weight is 242 g/mol. The lowest BCUT2D eigenvalue weighted by atomic mass is 10.0. The van der Waals surface area contributed by atoms with Crippen molar-refractivity contribution in [3.8, 4) is 0 Å². The molecule has 0 aliphatic carbocycles. The van der Waals surface area contributed by atoms with E-state index in [9.17, 15) is 9.59 Å². The highest BCUT2D eigenvalue weighted by atomic mass is 35.5. The summed E-state index contributed by atoms with van der Waals surface area (Å²) < 4.78 is 0. The lowest BCUT2D eigenvalue weighted by Crippen LogP contribution is -2.53. The van der Waals surface area contributed by atoms with Crippen LogP contribution >= 0.6 is 11.6 Å². The van der Waals surface area contributed by atoms with Crippen molar-refractivity contribution in [2.45, 2.75) is 19.4 Å². The normalized spacial score (nSPS) is 10.9. The Morgan fingerprint density at radius 3 is 2.62 bits per heavy atom. The minimum absolute atomic E-state index is 0.222. The Hall–Kier alpha value is -1.62. The maximum atomic E-state index is 11.8. The van der Waals surface area contributed by atoms with Crippen molar-refractivity contribution in [1.82, 2.24) is 10.3 Å². The number of primary amides is 1. The van der Waals surface area contributed by atoms with Crippen molar-refractivity contribution in [2.24, 2.45) is 5.73 Å². The van der Waals surface area contributed by atoms with Gasteiger partial charge in [0.15, 0.2) is 0 Å². The third-order valence-corrected chi connectivity index (χ3v) is 2.36. The summed E-state index contributed by atoms with van der Waals surface area (Å²) in [5.41, 5.74) is 4.27. The minimum atomic E-state index is -1.12. The van der Waals surface area contributed by atoms with Gasteiger partial charge in [0.25, 0.3) is 5.91 Å². The van der Waals surface area contributed by atoms with E-state index in [2.05, 4.69) is 10.3 Å². The van der Waals surface area contributed by atoms with Crippen molar-refractivity contribution in [3.63, 3.8) is 0 Å². The molecule has 0 fully saturated rings. The molecule has 0 saturated heterocycles. The monoisotopic (exact) mass is 241 g/mol. The molecule has 1 aromatic rings. The largest absolute Gasteiger partial charge is 0.368 e. The zero-order chi connectivity index (χ0) is 12.3. The molecule has 0 aromatic carbocycles. The van der Waals surface area contributed by atoms with Gasteiger partial charge >= 0.3 is 0 Å². The molecule has 1 aromatic heterocycles. The van der Waals surface area contributed by atoms with E-state index in [4.69, 9.17) is 17.3 Å². The number of carbonyl (C=O) groups excluding carboxylic acids is 2. The number of aromatic nitrogens is 1. The molecule has 0 saturated carbocycles. The van der Waals surface area contributed by atoms with Gasteiger partial charge in [-0.25, -0.2) is 0 Å². The van der Waals surface area contributed by atoms with Crippen LogP contribution in [0.4, 0.5) is 0 Å². The van der Waals surface area contributed by atoms with Gasteiger partial charge < -0.3 is 11.1 Å². The van der Waals surface area contributed by atoms with Crippen LogP contribution < -0.4 is 11.1 Å². The first-order chi connectivity index (χ1) is 7.34. The van der Waals surface area contributed by atoms with E-state index < -0.39 is 17.4 Å². The van der Waals surface area contributed by atoms with Crippen molar-refractivity contribution in [2.75, 3.05) is 0 Å². The summed E-state index contributed by atoms with van der Waals surface area (Å²) in [4.78, 5) is 26.5. The van der Waals surface area contributed by atoms with Gasteiger partial charge in [-0.2, -0.15) is 0 Å². The van der Waals surface area contributed by atoms with Crippen molar-refractivity contribution in [1.29, 1.82) is 0 Å². The first-order valence-electron chi connectivity index (χ1n) is 4.56. The number of nitrogens with one attached hydrogen (secondary N) is 1. The molecule has 0 bridgehead atoms. The van der Waals surface area contributed by atoms with Gasteiger partial charge in [-0.15, -0.1) is 0 Å². The molecule has 5 nitrogen and oxygen atoms in total. The summed E-state index contributed by atoms with van der Waals surface area (Å²) in [6.45, 7) is 3.03. The lowest BCUT2D eigenvalue weighted by molar-refractivity contribution is -0.122. The maximum absolute atomic E-state index is 11.8. The van der Waals surface area contributed by atoms with Gasteiger partial charge in [0.05, 0.1) is 10.6 Å². The third kappa shape index (κ3) is 2.70. The van der Waals surface area contributed by atoms with Crippen LogP contribution in [0.2, 0.25) is 5.02 Å². The first-order valence-corrected chi connectivity index (χ1v) is 4.94. The number of hydrogen-bond acceptors (Lipinski definition) is 3. The highest BCUT2D eigenvalue weighted by Crippen LogP contribution is 2.14. The highest BCUT2D eigenvalue weighted by Gasteiger charge is 2.27. The number of carbonyl (C=O) groups is 2. The predicted molar refractivity (Wildman–Crippen MR) is 60.0 cm³/mol. The summed E-state index contributed by atoms with van der Waals surface area (Å²) >= 11 is 5.79. The molecular formula is C10H12ClN3O2. The fourth-order valence-corrected chi connectivity index (χ4v) is 1.18. The molecule has 16 heavy (non-hydrogen) atoms. The third-order valence-electron chi connectivity index (χ3n) is 2.06. The van der Waals surface area contributed by atoms with Crippen LogP contribution in [0.5, 0.6) is 0 Å². The molecule has 0 aliphatic rings. The summed E-state index contributed by atoms with van der Waals surface area (Å²) in [6, 6.07) is 1.47. The predicted octanol–water partition coefficient (Wildman–Crippen LogP) is 0.729. The Morgan fingerprint density at radius 1 is 1.50 bits per heavy atom. The number of pyridine rings is 1. The van der Waals surface area contributed by atoms with Gasteiger partial charge in [-0.05, 0) is 19.9 Å². The fraction of sp³-hybridized carbons (Fsp3) is 0.300. The van der Waals surface area contributed by atoms with E-state index in [1.54, 1.807) is 0 Å². The van der Waals surface area contributed by atoms with Crippen LogP contribution in [-0.4, -0.2) is 22.3 Å². The molecule has 0 atom stereocenters. The van der Waals surface area contributed by atoms with Crippen LogP contribution in [0.15, 0.2) is 18.5 Å². The van der Waals surface area contributed by atoms with Crippen LogP contribution in [0, 0.1) is 0 Å². The Kier molecular flexibility index (Phi) is 3.49. The molecule has 86 valence electrons. The number of nitrogens with zero attached hydrogens (tertiary/aromatic N) is 1. The van der Waals surface area contributed by atoms with Crippen molar-refractivity contribution >= 4 is 23.4 Å². The zero-order valence-corrected chi connectivity index (χ0v) is 9.71. The van der Waals surface area contributed by atoms with Crippen molar-refractivity contribution in [3.05, 3.63) is 29.0 Å². The van der Waals surface area contributed by atoms with E-state index in [1.165, 1.54) is 32.3 Å². The molecule has 6 heteroatoms. The number of nitrogens with two attached hydrogens (primary N) is 1. The Morgan fingerprint density at radius 2 is 2.12 bits per heavy atom. The molecule has 1 rings (SSSR count). The second-order valence-electron chi connectivity index (χ2n) is 3.80. The Balaban J connectivity index is 2.89. The van der Waals surface area contributed by atoms with Crippen molar-refractivity contribution < 1.29 is 9.59 Å². The molecule has 2 amide bonds. The minimum Gasteiger partial charge on any atom is -0.368 e. The second kappa shape index (κ2) is 4.49. The van der Waals surface area contributed by atoms with Gasteiger partial charge in [-0.1, -0.05) is 11.6 Å². The highest BCUT2D eigenvalue weighted by molar-refractivity contribution is 6.33. The van der Waals surface area contributed by atoms with Crippen LogP contribution in [-0.2, 0) is 4.79 Å². The number of hydrogen-bond donors (Lipinski definition) is 2. The Labute approximate surface area is 98.0 Å². The van der Waals surface area contributed by atoms with E-state index in [0.29, 0.717) is 0 Å². The summed E-state index contributed by atoms with van der Waals surface area (Å²) in [5, 5.41) is 2.71. The fourth-order valence-electron chi connectivity index (χ4n) is 0.972.